The van der Waals surface area contributed by atoms with Gasteiger partial charge in [0.25, 0.3) is 0 Å². The van der Waals surface area contributed by atoms with Crippen molar-refractivity contribution >= 4 is 34.4 Å². The van der Waals surface area contributed by atoms with Crippen LogP contribution < -0.4 is 0 Å². The Hall–Kier alpha value is -2.25. The molecule has 2 heterocycles. The number of fused-ring (bicyclic) bond motifs is 1. The third kappa shape index (κ3) is 7.87. The first-order valence-electron chi connectivity index (χ1n) is 12.8. The Morgan fingerprint density at radius 1 is 0.946 bits per heavy atom. The number of benzene rings is 2. The highest BCUT2D eigenvalue weighted by Crippen LogP contribution is 2.43. The largest absolute Gasteiger partial charge is 0.392 e. The van der Waals surface area contributed by atoms with Crippen LogP contribution in [0, 0.1) is 0 Å². The number of thioether (sulfide) groups is 2. The summed E-state index contributed by atoms with van der Waals surface area (Å²) in [7, 11) is 0. The maximum atomic E-state index is 10.9. The Labute approximate surface area is 229 Å². The van der Waals surface area contributed by atoms with Gasteiger partial charge in [0, 0.05) is 49.5 Å². The number of hydrogen-bond donors (Lipinski definition) is 2. The molecule has 0 saturated carbocycles. The Kier molecular flexibility index (Phi) is 8.74. The van der Waals surface area contributed by atoms with Gasteiger partial charge < -0.3 is 14.8 Å². The zero-order chi connectivity index (χ0) is 26.6. The van der Waals surface area contributed by atoms with Gasteiger partial charge in [-0.2, -0.15) is 0 Å². The Balaban J connectivity index is 1.71. The lowest BCUT2D eigenvalue weighted by Crippen LogP contribution is -2.24. The standard InChI is InChI=1S/C31H38N2O2S2/c1-30(2,3)37-29-26-18-25(36-21-24(34)17-22-11-7-6-8-12-22)14-15-27(26)33(28(29)19-31(4,5)35)20-23-13-9-10-16-32-23/h6-16,18,24,34-35H,17,19-21H2,1-5H3. The maximum Gasteiger partial charge on any atom is 0.0674 e. The normalized spacial score (nSPS) is 13.3. The summed E-state index contributed by atoms with van der Waals surface area (Å²) in [6, 6.07) is 22.7. The maximum absolute atomic E-state index is 10.9. The van der Waals surface area contributed by atoms with E-state index in [1.165, 1.54) is 10.3 Å². The molecule has 4 aromatic rings. The molecule has 2 aromatic carbocycles. The van der Waals surface area contributed by atoms with E-state index in [1.54, 1.807) is 11.8 Å². The Bertz CT molecular complexity index is 1310. The minimum atomic E-state index is -0.845. The smallest absolute Gasteiger partial charge is 0.0674 e. The first kappa shape index (κ1) is 27.8. The van der Waals surface area contributed by atoms with Crippen LogP contribution in [0.1, 0.15) is 51.6 Å². The van der Waals surface area contributed by atoms with Gasteiger partial charge in [-0.25, -0.2) is 0 Å². The van der Waals surface area contributed by atoms with Crippen LogP contribution in [0.3, 0.4) is 0 Å². The van der Waals surface area contributed by atoms with E-state index in [9.17, 15) is 10.2 Å². The molecule has 0 aliphatic carbocycles. The van der Waals surface area contributed by atoms with Crippen molar-refractivity contribution in [2.45, 2.75) is 80.2 Å². The van der Waals surface area contributed by atoms with E-state index in [0.717, 1.165) is 27.4 Å². The predicted octanol–water partition coefficient (Wildman–Crippen LogP) is 6.98. The molecule has 0 fully saturated rings. The molecular weight excluding hydrogens is 496 g/mol. The number of rotatable bonds is 10. The predicted molar refractivity (Wildman–Crippen MR) is 158 cm³/mol. The van der Waals surface area contributed by atoms with Crippen molar-refractivity contribution in [1.29, 1.82) is 0 Å². The van der Waals surface area contributed by atoms with E-state index < -0.39 is 11.7 Å². The van der Waals surface area contributed by atoms with E-state index >= 15 is 0 Å². The second kappa shape index (κ2) is 11.6. The first-order chi connectivity index (χ1) is 17.5. The fourth-order valence-corrected chi connectivity index (χ4v) is 6.48. The van der Waals surface area contributed by atoms with E-state index in [0.29, 0.717) is 25.1 Å². The summed E-state index contributed by atoms with van der Waals surface area (Å²) in [5, 5.41) is 22.7. The third-order valence-corrected chi connectivity index (χ3v) is 8.31. The fourth-order valence-electron chi connectivity index (χ4n) is 4.42. The molecular formula is C31H38N2O2S2. The van der Waals surface area contributed by atoms with Crippen molar-refractivity contribution in [3.05, 3.63) is 89.9 Å². The summed E-state index contributed by atoms with van der Waals surface area (Å²) >= 11 is 3.54. The number of aliphatic hydroxyl groups excluding tert-OH is 1. The second-order valence-corrected chi connectivity index (χ2v) is 14.2. The van der Waals surface area contributed by atoms with Crippen LogP contribution in [-0.4, -0.2) is 42.0 Å². The molecule has 0 spiro atoms. The fraction of sp³-hybridized carbons (Fsp3) is 0.387. The highest BCUT2D eigenvalue weighted by molar-refractivity contribution is 8.01. The lowest BCUT2D eigenvalue weighted by Gasteiger charge is -2.23. The number of aromatic nitrogens is 2. The van der Waals surface area contributed by atoms with Crippen LogP contribution in [0.4, 0.5) is 0 Å². The third-order valence-electron chi connectivity index (χ3n) is 5.90. The van der Waals surface area contributed by atoms with Crippen molar-refractivity contribution in [2.24, 2.45) is 0 Å². The molecule has 0 saturated heterocycles. The summed E-state index contributed by atoms with van der Waals surface area (Å²) < 4.78 is 2.33. The number of aliphatic hydroxyl groups is 2. The molecule has 6 heteroatoms. The van der Waals surface area contributed by atoms with E-state index in [2.05, 4.69) is 66.7 Å². The summed E-state index contributed by atoms with van der Waals surface area (Å²) in [4.78, 5) is 6.94. The van der Waals surface area contributed by atoms with Gasteiger partial charge in [0.2, 0.25) is 0 Å². The quantitative estimate of drug-likeness (QED) is 0.215. The Morgan fingerprint density at radius 3 is 2.32 bits per heavy atom. The van der Waals surface area contributed by atoms with Crippen LogP contribution in [0.5, 0.6) is 0 Å². The van der Waals surface area contributed by atoms with Crippen molar-refractivity contribution in [3.8, 4) is 0 Å². The monoisotopic (exact) mass is 534 g/mol. The van der Waals surface area contributed by atoms with Crippen molar-refractivity contribution in [2.75, 3.05) is 5.75 Å². The van der Waals surface area contributed by atoms with E-state index in [1.807, 2.05) is 62.1 Å². The lowest BCUT2D eigenvalue weighted by atomic mass is 10.0. The van der Waals surface area contributed by atoms with E-state index in [-0.39, 0.29) is 4.75 Å². The van der Waals surface area contributed by atoms with Gasteiger partial charge in [0.1, 0.15) is 0 Å². The van der Waals surface area contributed by atoms with Gasteiger partial charge in [-0.15, -0.1) is 23.5 Å². The molecule has 2 N–H and O–H groups in total. The molecule has 196 valence electrons. The molecule has 0 aliphatic rings. The Morgan fingerprint density at radius 2 is 1.68 bits per heavy atom. The molecule has 0 bridgehead atoms. The SMILES string of the molecule is CC(C)(O)Cc1c(SC(C)(C)C)c2cc(SCC(O)Cc3ccccc3)ccc2n1Cc1ccccn1. The summed E-state index contributed by atoms with van der Waals surface area (Å²) in [6.45, 7) is 11.1. The molecule has 0 aliphatic heterocycles. The highest BCUT2D eigenvalue weighted by atomic mass is 32.2. The topological polar surface area (TPSA) is 58.3 Å². The lowest BCUT2D eigenvalue weighted by molar-refractivity contribution is 0.0785. The number of nitrogens with zero attached hydrogens (tertiary/aromatic N) is 2. The molecule has 1 unspecified atom stereocenters. The molecule has 37 heavy (non-hydrogen) atoms. The molecule has 4 nitrogen and oxygen atoms in total. The van der Waals surface area contributed by atoms with Crippen molar-refractivity contribution in [3.63, 3.8) is 0 Å². The van der Waals surface area contributed by atoms with Gasteiger partial charge in [-0.3, -0.25) is 4.98 Å². The zero-order valence-electron chi connectivity index (χ0n) is 22.4. The summed E-state index contributed by atoms with van der Waals surface area (Å²) in [5.41, 5.74) is 3.58. The minimum Gasteiger partial charge on any atom is -0.392 e. The van der Waals surface area contributed by atoms with Gasteiger partial charge in [0.15, 0.2) is 0 Å². The van der Waals surface area contributed by atoms with E-state index in [4.69, 9.17) is 0 Å². The summed E-state index contributed by atoms with van der Waals surface area (Å²) in [6.07, 6.45) is 2.62. The number of hydrogen-bond acceptors (Lipinski definition) is 5. The average molecular weight is 535 g/mol. The zero-order valence-corrected chi connectivity index (χ0v) is 24.1. The average Bonchev–Trinajstić information content (AvgIpc) is 3.08. The highest BCUT2D eigenvalue weighted by Gasteiger charge is 2.27. The number of pyridine rings is 1. The molecule has 0 radical (unpaired) electrons. The van der Waals surface area contributed by atoms with Crippen LogP contribution in [-0.2, 0) is 19.4 Å². The molecule has 0 amide bonds. The second-order valence-electron chi connectivity index (χ2n) is 11.2. The van der Waals surface area contributed by atoms with Crippen LogP contribution >= 0.6 is 23.5 Å². The van der Waals surface area contributed by atoms with Gasteiger partial charge in [-0.1, -0.05) is 57.2 Å². The molecule has 2 aromatic heterocycles. The van der Waals surface area contributed by atoms with Crippen LogP contribution in [0.2, 0.25) is 0 Å². The van der Waals surface area contributed by atoms with Crippen LogP contribution in [0.25, 0.3) is 10.9 Å². The van der Waals surface area contributed by atoms with Gasteiger partial charge in [0.05, 0.1) is 23.9 Å². The van der Waals surface area contributed by atoms with Crippen molar-refractivity contribution < 1.29 is 10.2 Å². The van der Waals surface area contributed by atoms with Gasteiger partial charge in [-0.05, 0) is 56.2 Å². The first-order valence-corrected chi connectivity index (χ1v) is 14.6. The summed E-state index contributed by atoms with van der Waals surface area (Å²) in [5.74, 6) is 0.632. The minimum absolute atomic E-state index is 0.00742. The van der Waals surface area contributed by atoms with Crippen LogP contribution in [0.15, 0.2) is 82.7 Å². The molecule has 1 atom stereocenters. The molecule has 4 rings (SSSR count). The van der Waals surface area contributed by atoms with Gasteiger partial charge >= 0.3 is 0 Å². The van der Waals surface area contributed by atoms with Crippen molar-refractivity contribution in [1.82, 2.24) is 9.55 Å².